The van der Waals surface area contributed by atoms with Crippen LogP contribution in [0.5, 0.6) is 0 Å². The minimum atomic E-state index is -0.590. The van der Waals surface area contributed by atoms with Crippen LogP contribution < -0.4 is 4.90 Å². The molecule has 0 aromatic heterocycles. The highest BCUT2D eigenvalue weighted by Crippen LogP contribution is 2.48. The number of nitrogens with zero attached hydrogens (tertiary/aromatic N) is 1. The van der Waals surface area contributed by atoms with Crippen molar-refractivity contribution in [2.75, 3.05) is 48.5 Å². The van der Waals surface area contributed by atoms with Crippen LogP contribution in [-0.2, 0) is 23.7 Å². The van der Waals surface area contributed by atoms with Gasteiger partial charge in [-0.1, -0.05) is 0 Å². The zero-order chi connectivity index (χ0) is 31.2. The SMILES string of the molecule is COC1CCC2CC1OC1CCC(CC1)CC1C3C(CC[NH+]1C)CC(OC)C(O)C3OC1CC3C(CCN(C)C3C2)CC1OC. The average molecular weight is 634 g/mol. The van der Waals surface area contributed by atoms with Gasteiger partial charge in [-0.05, 0) is 120 Å². The normalized spacial score (nSPS) is 52.8. The second-order valence-corrected chi connectivity index (χ2v) is 16.7. The van der Waals surface area contributed by atoms with Crippen molar-refractivity contribution < 1.29 is 33.7 Å². The van der Waals surface area contributed by atoms with Crippen LogP contribution in [0.1, 0.15) is 89.9 Å². The van der Waals surface area contributed by atoms with Crippen LogP contribution in [-0.4, -0.2) is 119 Å². The summed E-state index contributed by atoms with van der Waals surface area (Å²) in [5.74, 6) is 3.56. The molecule has 45 heavy (non-hydrogen) atoms. The van der Waals surface area contributed by atoms with Crippen molar-refractivity contribution in [2.45, 2.75) is 151 Å². The van der Waals surface area contributed by atoms with Gasteiger partial charge in [0.15, 0.2) is 0 Å². The molecule has 8 fully saturated rings. The largest absolute Gasteiger partial charge is 0.388 e. The first kappa shape index (κ1) is 33.2. The lowest BCUT2D eigenvalue weighted by Gasteiger charge is -2.55. The quantitative estimate of drug-likeness (QED) is 0.494. The first-order chi connectivity index (χ1) is 21.9. The Labute approximate surface area is 273 Å². The molecule has 8 nitrogen and oxygen atoms in total. The van der Waals surface area contributed by atoms with E-state index in [2.05, 4.69) is 19.0 Å². The molecule has 4 heterocycles. The van der Waals surface area contributed by atoms with Crippen LogP contribution >= 0.6 is 0 Å². The summed E-state index contributed by atoms with van der Waals surface area (Å²) >= 11 is 0. The van der Waals surface area contributed by atoms with Crippen LogP contribution in [0.2, 0.25) is 0 Å². The van der Waals surface area contributed by atoms with Gasteiger partial charge in [0.25, 0.3) is 0 Å². The molecule has 0 radical (unpaired) electrons. The van der Waals surface area contributed by atoms with E-state index in [0.29, 0.717) is 47.8 Å². The molecule has 0 amide bonds. The van der Waals surface area contributed by atoms with Gasteiger partial charge in [0, 0.05) is 46.1 Å². The van der Waals surface area contributed by atoms with Gasteiger partial charge in [-0.2, -0.15) is 0 Å². The summed E-state index contributed by atoms with van der Waals surface area (Å²) in [5.41, 5.74) is 0. The van der Waals surface area contributed by atoms with Crippen molar-refractivity contribution in [2.24, 2.45) is 35.5 Å². The third-order valence-electron chi connectivity index (χ3n) is 14.6. The van der Waals surface area contributed by atoms with Crippen LogP contribution in [0.3, 0.4) is 0 Å². The molecule has 8 aliphatic rings. The van der Waals surface area contributed by atoms with E-state index in [1.807, 2.05) is 14.2 Å². The number of quaternary nitrogens is 1. The third kappa shape index (κ3) is 6.67. The van der Waals surface area contributed by atoms with Gasteiger partial charge >= 0.3 is 0 Å². The first-order valence-electron chi connectivity index (χ1n) is 19.0. The molecule has 4 aliphatic carbocycles. The number of piperidine rings is 2. The number of fused-ring (bicyclic) bond motifs is 2. The molecule has 6 bridgehead atoms. The summed E-state index contributed by atoms with van der Waals surface area (Å²) in [6, 6.07) is 1.06. The van der Waals surface area contributed by atoms with E-state index in [-0.39, 0.29) is 36.6 Å². The molecule has 258 valence electrons. The Morgan fingerprint density at radius 1 is 0.689 bits per heavy atom. The monoisotopic (exact) mass is 633 g/mol. The van der Waals surface area contributed by atoms with Crippen LogP contribution in [0.15, 0.2) is 0 Å². The van der Waals surface area contributed by atoms with Crippen molar-refractivity contribution in [3.63, 3.8) is 0 Å². The van der Waals surface area contributed by atoms with Crippen molar-refractivity contribution >= 4 is 0 Å². The third-order valence-corrected chi connectivity index (χ3v) is 14.6. The Kier molecular flexibility index (Phi) is 10.5. The van der Waals surface area contributed by atoms with Gasteiger partial charge in [0.2, 0.25) is 0 Å². The van der Waals surface area contributed by atoms with Gasteiger partial charge < -0.3 is 38.6 Å². The highest BCUT2D eigenvalue weighted by atomic mass is 16.6. The Morgan fingerprint density at radius 3 is 2.16 bits per heavy atom. The summed E-state index contributed by atoms with van der Waals surface area (Å²) in [7, 11) is 10.3. The average Bonchev–Trinajstić information content (AvgIpc) is 3.05. The standard InChI is InChI=1S/C37H64N2O6/c1-38-14-12-24-19-31(42-4)33-21-27(24)28(38)17-23-8-11-30(41-3)32(18-23)44-26-9-6-22(7-10-26)16-29-35-25(13-15-39(29)2)20-34(43-5)36(40)37(35)45-33/h22-37,40H,6-21H2,1-5H3/p+1. The molecule has 4 saturated heterocycles. The number of hydrogen-bond acceptors (Lipinski definition) is 7. The lowest BCUT2D eigenvalue weighted by atomic mass is 9.64. The van der Waals surface area contributed by atoms with E-state index >= 15 is 0 Å². The number of aliphatic hydroxyl groups excluding tert-OH is 1. The van der Waals surface area contributed by atoms with E-state index in [1.54, 1.807) is 12.0 Å². The minimum Gasteiger partial charge on any atom is -0.388 e. The molecule has 0 spiro atoms. The van der Waals surface area contributed by atoms with E-state index in [1.165, 1.54) is 70.9 Å². The Balaban J connectivity index is 1.22. The number of rotatable bonds is 3. The molecular formula is C37H65N2O6+. The van der Waals surface area contributed by atoms with E-state index in [0.717, 1.165) is 38.0 Å². The summed E-state index contributed by atoms with van der Waals surface area (Å²) in [6.07, 6.45) is 16.3. The predicted octanol–water partition coefficient (Wildman–Crippen LogP) is 3.34. The number of likely N-dealkylation sites (tertiary alicyclic amines) is 2. The van der Waals surface area contributed by atoms with Crippen LogP contribution in [0.4, 0.5) is 0 Å². The smallest absolute Gasteiger partial charge is 0.107 e. The maximum Gasteiger partial charge on any atom is 0.107 e. The second-order valence-electron chi connectivity index (χ2n) is 16.7. The fourth-order valence-electron chi connectivity index (χ4n) is 12.0. The maximum absolute atomic E-state index is 12.0. The summed E-state index contributed by atoms with van der Waals surface area (Å²) < 4.78 is 32.6. The topological polar surface area (TPSA) is 74.1 Å². The first-order valence-corrected chi connectivity index (χ1v) is 19.0. The van der Waals surface area contributed by atoms with E-state index in [4.69, 9.17) is 23.7 Å². The fraction of sp³-hybridized carbons (Fsp3) is 1.00. The molecule has 15 atom stereocenters. The number of ether oxygens (including phenoxy) is 5. The lowest BCUT2D eigenvalue weighted by molar-refractivity contribution is -0.919. The zero-order valence-electron chi connectivity index (χ0n) is 29.0. The molecule has 0 aromatic carbocycles. The van der Waals surface area contributed by atoms with Gasteiger partial charge in [0.1, 0.15) is 6.10 Å². The summed E-state index contributed by atoms with van der Waals surface area (Å²) in [4.78, 5) is 4.31. The molecule has 8 rings (SSSR count). The maximum atomic E-state index is 12.0. The Hall–Kier alpha value is -0.320. The fourth-order valence-corrected chi connectivity index (χ4v) is 12.0. The van der Waals surface area contributed by atoms with Crippen LogP contribution in [0.25, 0.3) is 0 Å². The van der Waals surface area contributed by atoms with Crippen molar-refractivity contribution in [3.05, 3.63) is 0 Å². The van der Waals surface area contributed by atoms with Crippen LogP contribution in [0, 0.1) is 35.5 Å². The van der Waals surface area contributed by atoms with Crippen molar-refractivity contribution in [1.82, 2.24) is 4.90 Å². The molecule has 8 heteroatoms. The van der Waals surface area contributed by atoms with E-state index < -0.39 is 6.10 Å². The number of aliphatic hydroxyl groups is 1. The predicted molar refractivity (Wildman–Crippen MR) is 173 cm³/mol. The molecule has 4 aliphatic heterocycles. The van der Waals surface area contributed by atoms with Crippen molar-refractivity contribution in [3.8, 4) is 0 Å². The van der Waals surface area contributed by atoms with Gasteiger partial charge in [0.05, 0.1) is 62.4 Å². The van der Waals surface area contributed by atoms with Crippen molar-refractivity contribution in [1.29, 1.82) is 0 Å². The molecule has 4 saturated carbocycles. The molecular weight excluding hydrogens is 568 g/mol. The number of methoxy groups -OCH3 is 3. The van der Waals surface area contributed by atoms with Gasteiger partial charge in [-0.15, -0.1) is 0 Å². The number of nitrogens with one attached hydrogen (secondary N) is 1. The minimum absolute atomic E-state index is 0.0127. The Bertz CT molecular complexity index is 963. The highest BCUT2D eigenvalue weighted by Gasteiger charge is 2.55. The summed E-state index contributed by atoms with van der Waals surface area (Å²) in [5, 5.41) is 12.0. The molecule has 2 N–H and O–H groups in total. The lowest BCUT2D eigenvalue weighted by Crippen LogP contribution is -3.15. The highest BCUT2D eigenvalue weighted by molar-refractivity contribution is 5.02. The Morgan fingerprint density at radius 2 is 1.40 bits per heavy atom. The summed E-state index contributed by atoms with van der Waals surface area (Å²) in [6.45, 7) is 2.37. The zero-order valence-corrected chi connectivity index (χ0v) is 29.0. The van der Waals surface area contributed by atoms with Gasteiger partial charge in [-0.3, -0.25) is 0 Å². The molecule has 0 aromatic rings. The number of hydrogen-bond donors (Lipinski definition) is 2. The second kappa shape index (κ2) is 14.3. The van der Waals surface area contributed by atoms with E-state index in [9.17, 15) is 5.11 Å². The van der Waals surface area contributed by atoms with Gasteiger partial charge in [-0.25, -0.2) is 0 Å². The molecule has 15 unspecified atom stereocenters.